The van der Waals surface area contributed by atoms with Crippen LogP contribution in [0.4, 0.5) is 0 Å². The number of hydrogen-bond acceptors (Lipinski definition) is 1. The van der Waals surface area contributed by atoms with Crippen molar-refractivity contribution in [1.82, 2.24) is 0 Å². The Balaban J connectivity index is 2.74. The van der Waals surface area contributed by atoms with Crippen molar-refractivity contribution < 1.29 is 4.79 Å². The van der Waals surface area contributed by atoms with Crippen molar-refractivity contribution in [2.24, 2.45) is 5.92 Å². The molecule has 0 aliphatic carbocycles. The topological polar surface area (TPSA) is 17.1 Å². The molecule has 2 heteroatoms. The van der Waals surface area contributed by atoms with Crippen molar-refractivity contribution in [3.05, 3.63) is 35.4 Å². The predicted octanol–water partition coefficient (Wildman–Crippen LogP) is 2.94. The van der Waals surface area contributed by atoms with Crippen LogP contribution in [0.5, 0.6) is 0 Å². The van der Waals surface area contributed by atoms with Crippen LogP contribution in [0.3, 0.4) is 0 Å². The molecule has 13 heavy (non-hydrogen) atoms. The molecule has 0 fully saturated rings. The zero-order valence-corrected chi connectivity index (χ0v) is 8.64. The van der Waals surface area contributed by atoms with Crippen LogP contribution in [-0.2, 0) is 11.2 Å². The fraction of sp³-hybridized carbons (Fsp3) is 0.364. The van der Waals surface area contributed by atoms with Gasteiger partial charge >= 0.3 is 0 Å². The van der Waals surface area contributed by atoms with Crippen LogP contribution in [0.1, 0.15) is 18.1 Å². The van der Waals surface area contributed by atoms with Gasteiger partial charge in [0, 0.05) is 5.92 Å². The number of carbonyl (C=O) groups excluding carboxylic acids is 1. The average molecular weight is 197 g/mol. The first-order valence-corrected chi connectivity index (χ1v) is 4.73. The number of hydrogen-bond donors (Lipinski definition) is 0. The standard InChI is InChI=1S/C11H13ClO/c1-8-5-3-4-6-10(8)7-9(2)11(12)13/h3-6,9H,7H2,1-2H3/t9-/m1/s1. The summed E-state index contributed by atoms with van der Waals surface area (Å²) in [6, 6.07) is 8.05. The molecule has 1 nitrogen and oxygen atoms in total. The second kappa shape index (κ2) is 4.43. The maximum absolute atomic E-state index is 10.8. The Hall–Kier alpha value is -0.820. The van der Waals surface area contributed by atoms with Crippen LogP contribution >= 0.6 is 11.6 Å². The summed E-state index contributed by atoms with van der Waals surface area (Å²) in [5, 5.41) is -0.261. The fourth-order valence-electron chi connectivity index (χ4n) is 1.25. The van der Waals surface area contributed by atoms with E-state index in [1.54, 1.807) is 0 Å². The molecule has 0 saturated carbocycles. The van der Waals surface area contributed by atoms with E-state index in [1.807, 2.05) is 38.1 Å². The van der Waals surface area contributed by atoms with Gasteiger partial charge in [0.25, 0.3) is 0 Å². The first-order chi connectivity index (χ1) is 6.11. The Morgan fingerprint density at radius 1 is 1.46 bits per heavy atom. The zero-order chi connectivity index (χ0) is 9.84. The largest absolute Gasteiger partial charge is 0.281 e. The SMILES string of the molecule is Cc1ccccc1C[C@@H](C)C(=O)Cl. The second-order valence-electron chi connectivity index (χ2n) is 3.34. The van der Waals surface area contributed by atoms with Crippen LogP contribution in [0.15, 0.2) is 24.3 Å². The van der Waals surface area contributed by atoms with Crippen molar-refractivity contribution in [2.75, 3.05) is 0 Å². The first kappa shape index (κ1) is 10.3. The Labute approximate surface area is 83.7 Å². The van der Waals surface area contributed by atoms with E-state index in [2.05, 4.69) is 0 Å². The van der Waals surface area contributed by atoms with E-state index in [4.69, 9.17) is 11.6 Å². The minimum absolute atomic E-state index is 0.0947. The van der Waals surface area contributed by atoms with Gasteiger partial charge in [-0.1, -0.05) is 31.2 Å². The highest BCUT2D eigenvalue weighted by Gasteiger charge is 2.11. The van der Waals surface area contributed by atoms with Gasteiger partial charge < -0.3 is 0 Å². The molecule has 70 valence electrons. The molecule has 1 rings (SSSR count). The lowest BCUT2D eigenvalue weighted by atomic mass is 9.98. The van der Waals surface area contributed by atoms with E-state index in [9.17, 15) is 4.79 Å². The van der Waals surface area contributed by atoms with E-state index in [0.717, 1.165) is 6.42 Å². The molecule has 0 aromatic heterocycles. The van der Waals surface area contributed by atoms with Crippen LogP contribution < -0.4 is 0 Å². The van der Waals surface area contributed by atoms with Gasteiger partial charge in [-0.05, 0) is 36.1 Å². The Bertz CT molecular complexity index is 307. The summed E-state index contributed by atoms with van der Waals surface area (Å²) >= 11 is 5.39. The predicted molar refractivity (Wildman–Crippen MR) is 54.9 cm³/mol. The molecule has 0 saturated heterocycles. The molecule has 0 bridgehead atoms. The molecule has 0 N–H and O–H groups in total. The minimum atomic E-state index is -0.261. The summed E-state index contributed by atoms with van der Waals surface area (Å²) in [7, 11) is 0. The maximum atomic E-state index is 10.8. The van der Waals surface area contributed by atoms with Crippen molar-refractivity contribution in [3.63, 3.8) is 0 Å². The molecule has 0 radical (unpaired) electrons. The molecule has 0 heterocycles. The quantitative estimate of drug-likeness (QED) is 0.680. The molecule has 1 aromatic carbocycles. The number of benzene rings is 1. The van der Waals surface area contributed by atoms with E-state index in [1.165, 1.54) is 11.1 Å². The van der Waals surface area contributed by atoms with E-state index < -0.39 is 0 Å². The van der Waals surface area contributed by atoms with Crippen molar-refractivity contribution in [2.45, 2.75) is 20.3 Å². The molecule has 0 aliphatic heterocycles. The minimum Gasteiger partial charge on any atom is -0.281 e. The lowest BCUT2D eigenvalue weighted by molar-refractivity contribution is -0.114. The van der Waals surface area contributed by atoms with Crippen LogP contribution in [0, 0.1) is 12.8 Å². The second-order valence-corrected chi connectivity index (χ2v) is 3.71. The molecule has 1 aromatic rings. The van der Waals surface area contributed by atoms with Gasteiger partial charge in [-0.3, -0.25) is 4.79 Å². The molecular formula is C11H13ClO. The zero-order valence-electron chi connectivity index (χ0n) is 7.88. The third-order valence-electron chi connectivity index (χ3n) is 2.17. The van der Waals surface area contributed by atoms with E-state index >= 15 is 0 Å². The molecule has 0 aliphatic rings. The van der Waals surface area contributed by atoms with Gasteiger partial charge in [-0.25, -0.2) is 0 Å². The summed E-state index contributed by atoms with van der Waals surface area (Å²) in [4.78, 5) is 10.8. The third kappa shape index (κ3) is 2.85. The normalized spacial score (nSPS) is 12.5. The van der Waals surface area contributed by atoms with Crippen molar-refractivity contribution in [1.29, 1.82) is 0 Å². The first-order valence-electron chi connectivity index (χ1n) is 4.35. The summed E-state index contributed by atoms with van der Waals surface area (Å²) in [6.45, 7) is 3.89. The van der Waals surface area contributed by atoms with Crippen molar-refractivity contribution >= 4 is 16.8 Å². The fourth-order valence-corrected chi connectivity index (χ4v) is 1.33. The molecule has 1 atom stereocenters. The van der Waals surface area contributed by atoms with Gasteiger partial charge in [0.2, 0.25) is 5.24 Å². The molecule has 0 unspecified atom stereocenters. The number of halogens is 1. The highest BCUT2D eigenvalue weighted by molar-refractivity contribution is 6.63. The maximum Gasteiger partial charge on any atom is 0.224 e. The van der Waals surface area contributed by atoms with Crippen LogP contribution in [0.25, 0.3) is 0 Å². The summed E-state index contributed by atoms with van der Waals surface area (Å²) < 4.78 is 0. The molecule has 0 spiro atoms. The number of aryl methyl sites for hydroxylation is 1. The van der Waals surface area contributed by atoms with Crippen LogP contribution in [0.2, 0.25) is 0 Å². The monoisotopic (exact) mass is 196 g/mol. The van der Waals surface area contributed by atoms with E-state index in [0.29, 0.717) is 0 Å². The highest BCUT2D eigenvalue weighted by Crippen LogP contribution is 2.14. The smallest absolute Gasteiger partial charge is 0.224 e. The highest BCUT2D eigenvalue weighted by atomic mass is 35.5. The van der Waals surface area contributed by atoms with Gasteiger partial charge in [0.15, 0.2) is 0 Å². The third-order valence-corrected chi connectivity index (χ3v) is 2.55. The lowest BCUT2D eigenvalue weighted by Gasteiger charge is -2.08. The average Bonchev–Trinajstić information content (AvgIpc) is 2.08. The summed E-state index contributed by atoms with van der Waals surface area (Å²) in [5.74, 6) is -0.0947. The van der Waals surface area contributed by atoms with Gasteiger partial charge in [0.05, 0.1) is 0 Å². The Morgan fingerprint density at radius 3 is 2.62 bits per heavy atom. The summed E-state index contributed by atoms with van der Waals surface area (Å²) in [6.07, 6.45) is 0.731. The van der Waals surface area contributed by atoms with Crippen LogP contribution in [-0.4, -0.2) is 5.24 Å². The number of rotatable bonds is 3. The molecular weight excluding hydrogens is 184 g/mol. The Morgan fingerprint density at radius 2 is 2.08 bits per heavy atom. The summed E-state index contributed by atoms with van der Waals surface area (Å²) in [5.41, 5.74) is 2.41. The van der Waals surface area contributed by atoms with Gasteiger partial charge in [-0.2, -0.15) is 0 Å². The van der Waals surface area contributed by atoms with Crippen molar-refractivity contribution in [3.8, 4) is 0 Å². The lowest BCUT2D eigenvalue weighted by Crippen LogP contribution is -2.08. The van der Waals surface area contributed by atoms with Gasteiger partial charge in [-0.15, -0.1) is 0 Å². The van der Waals surface area contributed by atoms with E-state index in [-0.39, 0.29) is 11.2 Å². The number of carbonyl (C=O) groups is 1. The van der Waals surface area contributed by atoms with Gasteiger partial charge in [0.1, 0.15) is 0 Å². The molecule has 0 amide bonds. The Kier molecular flexibility index (Phi) is 3.49.